The maximum atomic E-state index is 12.2. The van der Waals surface area contributed by atoms with Gasteiger partial charge in [0.05, 0.1) is 0 Å². The summed E-state index contributed by atoms with van der Waals surface area (Å²) in [5, 5.41) is 6.38. The molecule has 1 aliphatic heterocycles. The summed E-state index contributed by atoms with van der Waals surface area (Å²) in [6.45, 7) is 1.72. The molecule has 9 heteroatoms. The highest BCUT2D eigenvalue weighted by Gasteiger charge is 2.17. The summed E-state index contributed by atoms with van der Waals surface area (Å²) < 4.78 is 20.6. The maximum Gasteiger partial charge on any atom is 0.325 e. The molecule has 0 atom stereocenters. The lowest BCUT2D eigenvalue weighted by Crippen LogP contribution is -2.30. The largest absolute Gasteiger partial charge is 0.454 e. The maximum absolute atomic E-state index is 12.2. The molecule has 30 heavy (non-hydrogen) atoms. The molecule has 154 valence electrons. The number of amides is 1. The minimum atomic E-state index is -0.629. The average molecular weight is 409 g/mol. The predicted octanol–water partition coefficient (Wildman–Crippen LogP) is 2.50. The molecule has 1 amide bonds. The van der Waals surface area contributed by atoms with Gasteiger partial charge in [0.2, 0.25) is 12.6 Å². The van der Waals surface area contributed by atoms with Gasteiger partial charge in [-0.05, 0) is 30.2 Å². The van der Waals surface area contributed by atoms with E-state index >= 15 is 0 Å². The number of hydrogen-bond acceptors (Lipinski definition) is 8. The Morgan fingerprint density at radius 3 is 2.70 bits per heavy atom. The SMILES string of the molecule is CCc1ccc(-c2noc(COC(=O)CNC(=O)c3ccc4c(c3)OCO4)n2)cc1. The molecule has 0 spiro atoms. The van der Waals surface area contributed by atoms with Crippen molar-refractivity contribution in [3.05, 3.63) is 59.5 Å². The Morgan fingerprint density at radius 1 is 1.10 bits per heavy atom. The van der Waals surface area contributed by atoms with Crippen molar-refractivity contribution in [1.82, 2.24) is 15.5 Å². The fraction of sp³-hybridized carbons (Fsp3) is 0.238. The smallest absolute Gasteiger partial charge is 0.325 e. The van der Waals surface area contributed by atoms with Gasteiger partial charge in [-0.1, -0.05) is 36.3 Å². The number of esters is 1. The van der Waals surface area contributed by atoms with E-state index in [0.29, 0.717) is 22.9 Å². The van der Waals surface area contributed by atoms with E-state index in [1.165, 1.54) is 5.56 Å². The van der Waals surface area contributed by atoms with Gasteiger partial charge in [0.25, 0.3) is 11.8 Å². The standard InChI is InChI=1S/C21H19N3O6/c1-2-13-3-5-14(6-4-13)20-23-18(30-24-20)11-27-19(25)10-22-21(26)15-7-8-16-17(9-15)29-12-28-16/h3-9H,2,10-12H2,1H3,(H,22,26). The van der Waals surface area contributed by atoms with E-state index < -0.39 is 11.9 Å². The van der Waals surface area contributed by atoms with Gasteiger partial charge >= 0.3 is 5.97 Å². The fourth-order valence-electron chi connectivity index (χ4n) is 2.81. The van der Waals surface area contributed by atoms with Crippen molar-refractivity contribution in [2.45, 2.75) is 20.0 Å². The molecule has 2 aromatic carbocycles. The zero-order valence-corrected chi connectivity index (χ0v) is 16.2. The van der Waals surface area contributed by atoms with E-state index in [2.05, 4.69) is 22.4 Å². The van der Waals surface area contributed by atoms with Crippen molar-refractivity contribution in [1.29, 1.82) is 0 Å². The Bertz CT molecular complexity index is 1060. The Hall–Kier alpha value is -3.88. The molecule has 0 unspecified atom stereocenters. The molecular formula is C21H19N3O6. The van der Waals surface area contributed by atoms with Crippen LogP contribution in [-0.2, 0) is 22.6 Å². The van der Waals surface area contributed by atoms with Crippen LogP contribution in [0.15, 0.2) is 47.0 Å². The molecule has 0 fully saturated rings. The summed E-state index contributed by atoms with van der Waals surface area (Å²) in [5.74, 6) is 0.588. The number of aromatic nitrogens is 2. The zero-order chi connectivity index (χ0) is 20.9. The van der Waals surface area contributed by atoms with Crippen molar-refractivity contribution in [2.24, 2.45) is 0 Å². The van der Waals surface area contributed by atoms with E-state index in [4.69, 9.17) is 18.7 Å². The average Bonchev–Trinajstić information content (AvgIpc) is 3.45. The first-order valence-corrected chi connectivity index (χ1v) is 9.37. The summed E-state index contributed by atoms with van der Waals surface area (Å²) >= 11 is 0. The third-order valence-electron chi connectivity index (χ3n) is 4.47. The van der Waals surface area contributed by atoms with Crippen LogP contribution in [0.25, 0.3) is 11.4 Å². The van der Waals surface area contributed by atoms with Gasteiger partial charge in [0.1, 0.15) is 6.54 Å². The normalized spacial score (nSPS) is 11.9. The van der Waals surface area contributed by atoms with Gasteiger partial charge in [-0.15, -0.1) is 0 Å². The monoisotopic (exact) mass is 409 g/mol. The number of rotatable bonds is 7. The second-order valence-electron chi connectivity index (χ2n) is 6.47. The highest BCUT2D eigenvalue weighted by Crippen LogP contribution is 2.32. The van der Waals surface area contributed by atoms with Gasteiger partial charge in [-0.2, -0.15) is 4.98 Å². The molecule has 2 heterocycles. The zero-order valence-electron chi connectivity index (χ0n) is 16.2. The van der Waals surface area contributed by atoms with E-state index in [-0.39, 0.29) is 25.8 Å². The summed E-state index contributed by atoms with van der Waals surface area (Å²) in [4.78, 5) is 28.3. The van der Waals surface area contributed by atoms with Crippen LogP contribution >= 0.6 is 0 Å². The molecule has 0 radical (unpaired) electrons. The minimum Gasteiger partial charge on any atom is -0.454 e. The molecule has 0 saturated carbocycles. The topological polar surface area (TPSA) is 113 Å². The van der Waals surface area contributed by atoms with Crippen LogP contribution in [0.1, 0.15) is 28.7 Å². The van der Waals surface area contributed by atoms with Crippen molar-refractivity contribution in [2.75, 3.05) is 13.3 Å². The van der Waals surface area contributed by atoms with Gasteiger partial charge in [0, 0.05) is 11.1 Å². The van der Waals surface area contributed by atoms with Crippen molar-refractivity contribution < 1.29 is 28.3 Å². The van der Waals surface area contributed by atoms with Crippen molar-refractivity contribution in [3.63, 3.8) is 0 Å². The first-order chi connectivity index (χ1) is 14.6. The molecule has 0 bridgehead atoms. The molecule has 4 rings (SSSR count). The van der Waals surface area contributed by atoms with Gasteiger partial charge in [-0.3, -0.25) is 9.59 Å². The van der Waals surface area contributed by atoms with Gasteiger partial charge in [-0.25, -0.2) is 0 Å². The van der Waals surface area contributed by atoms with Gasteiger partial charge < -0.3 is 24.1 Å². The molecule has 1 aliphatic rings. The first kappa shape index (κ1) is 19.4. The molecule has 1 N–H and O–H groups in total. The number of benzene rings is 2. The second-order valence-corrected chi connectivity index (χ2v) is 6.47. The third-order valence-corrected chi connectivity index (χ3v) is 4.47. The van der Waals surface area contributed by atoms with E-state index in [9.17, 15) is 9.59 Å². The molecule has 0 saturated heterocycles. The van der Waals surface area contributed by atoms with Crippen LogP contribution < -0.4 is 14.8 Å². The highest BCUT2D eigenvalue weighted by molar-refractivity contribution is 5.96. The second kappa shape index (κ2) is 8.64. The van der Waals surface area contributed by atoms with Gasteiger partial charge in [0.15, 0.2) is 18.1 Å². The number of nitrogens with zero attached hydrogens (tertiary/aromatic N) is 2. The van der Waals surface area contributed by atoms with E-state index in [0.717, 1.165) is 12.0 Å². The number of hydrogen-bond donors (Lipinski definition) is 1. The minimum absolute atomic E-state index is 0.119. The van der Waals surface area contributed by atoms with Crippen molar-refractivity contribution in [3.8, 4) is 22.9 Å². The van der Waals surface area contributed by atoms with Crippen LogP contribution in [0.4, 0.5) is 0 Å². The number of nitrogens with one attached hydrogen (secondary N) is 1. The Labute approximate surface area is 171 Å². The Kier molecular flexibility index (Phi) is 5.60. The van der Waals surface area contributed by atoms with Crippen molar-refractivity contribution >= 4 is 11.9 Å². The summed E-state index contributed by atoms with van der Waals surface area (Å²) in [7, 11) is 0. The molecule has 9 nitrogen and oxygen atoms in total. The summed E-state index contributed by atoms with van der Waals surface area (Å²) in [6, 6.07) is 12.6. The number of carbonyl (C=O) groups excluding carboxylic acids is 2. The lowest BCUT2D eigenvalue weighted by molar-refractivity contribution is -0.144. The van der Waals surface area contributed by atoms with Crippen LogP contribution in [-0.4, -0.2) is 35.4 Å². The third kappa shape index (κ3) is 4.40. The highest BCUT2D eigenvalue weighted by atomic mass is 16.7. The quantitative estimate of drug-likeness (QED) is 0.592. The molecule has 1 aromatic heterocycles. The Morgan fingerprint density at radius 2 is 1.90 bits per heavy atom. The van der Waals surface area contributed by atoms with Crippen LogP contribution in [0, 0.1) is 0 Å². The number of ether oxygens (including phenoxy) is 3. The fourth-order valence-corrected chi connectivity index (χ4v) is 2.81. The summed E-state index contributed by atoms with van der Waals surface area (Å²) in [6.07, 6.45) is 0.943. The Balaban J connectivity index is 1.26. The number of fused-ring (bicyclic) bond motifs is 1. The first-order valence-electron chi connectivity index (χ1n) is 9.37. The number of carbonyl (C=O) groups is 2. The summed E-state index contributed by atoms with van der Waals surface area (Å²) in [5.41, 5.74) is 2.37. The molecule has 0 aliphatic carbocycles. The van der Waals surface area contributed by atoms with Crippen LogP contribution in [0.5, 0.6) is 11.5 Å². The van der Waals surface area contributed by atoms with E-state index in [1.807, 2.05) is 24.3 Å². The van der Waals surface area contributed by atoms with Crippen LogP contribution in [0.3, 0.4) is 0 Å². The molecular weight excluding hydrogens is 390 g/mol. The van der Waals surface area contributed by atoms with E-state index in [1.54, 1.807) is 18.2 Å². The predicted molar refractivity (Wildman–Crippen MR) is 104 cm³/mol. The number of aryl methyl sites for hydroxylation is 1. The lowest BCUT2D eigenvalue weighted by atomic mass is 10.1. The van der Waals surface area contributed by atoms with Crippen LogP contribution in [0.2, 0.25) is 0 Å². The lowest BCUT2D eigenvalue weighted by Gasteiger charge is -2.06. The molecule has 3 aromatic rings.